The molecular formula is C18H25N5O. The fourth-order valence-corrected chi connectivity index (χ4v) is 3.30. The lowest BCUT2D eigenvalue weighted by molar-refractivity contribution is -0.130. The van der Waals surface area contributed by atoms with Crippen LogP contribution in [0.15, 0.2) is 36.7 Å². The van der Waals surface area contributed by atoms with Gasteiger partial charge in [0.25, 0.3) is 0 Å². The van der Waals surface area contributed by atoms with Gasteiger partial charge in [-0.25, -0.2) is 0 Å². The van der Waals surface area contributed by atoms with E-state index in [0.29, 0.717) is 12.5 Å². The molecule has 1 atom stereocenters. The van der Waals surface area contributed by atoms with Crippen molar-refractivity contribution in [3.8, 4) is 0 Å². The molecule has 1 amide bonds. The minimum atomic E-state index is 0.187. The Balaban J connectivity index is 1.51. The van der Waals surface area contributed by atoms with Gasteiger partial charge in [0.2, 0.25) is 5.91 Å². The lowest BCUT2D eigenvalue weighted by Gasteiger charge is -2.27. The maximum Gasteiger partial charge on any atom is 0.228 e. The van der Waals surface area contributed by atoms with Gasteiger partial charge in [0, 0.05) is 43.8 Å². The highest BCUT2D eigenvalue weighted by Gasteiger charge is 2.23. The molecule has 1 aliphatic rings. The molecule has 1 aliphatic heterocycles. The third kappa shape index (κ3) is 4.41. The van der Waals surface area contributed by atoms with E-state index in [0.717, 1.165) is 50.3 Å². The van der Waals surface area contributed by atoms with Crippen LogP contribution in [0.25, 0.3) is 0 Å². The molecule has 2 aromatic heterocycles. The largest absolute Gasteiger partial charge is 0.342 e. The molecule has 0 radical (unpaired) electrons. The maximum atomic E-state index is 12.4. The topological polar surface area (TPSA) is 65.1 Å². The fourth-order valence-electron chi connectivity index (χ4n) is 3.30. The van der Waals surface area contributed by atoms with Crippen molar-refractivity contribution in [2.24, 2.45) is 0 Å². The number of H-pyrrole nitrogens is 1. The molecule has 0 saturated carbocycles. The van der Waals surface area contributed by atoms with Crippen molar-refractivity contribution in [1.82, 2.24) is 25.0 Å². The Kier molecular flexibility index (Phi) is 5.59. The van der Waals surface area contributed by atoms with Gasteiger partial charge in [-0.1, -0.05) is 6.07 Å². The monoisotopic (exact) mass is 327 g/mol. The SMILES string of the molecule is CN(Cc1ccccn1)C1CCCN(C(=O)Cc2ccn[nH]2)CC1. The van der Waals surface area contributed by atoms with Gasteiger partial charge in [-0.3, -0.25) is 19.8 Å². The molecule has 6 heteroatoms. The van der Waals surface area contributed by atoms with Gasteiger partial charge in [-0.05, 0) is 44.5 Å². The molecule has 0 spiro atoms. The van der Waals surface area contributed by atoms with E-state index in [-0.39, 0.29) is 5.91 Å². The van der Waals surface area contributed by atoms with E-state index < -0.39 is 0 Å². The van der Waals surface area contributed by atoms with Crippen molar-refractivity contribution < 1.29 is 4.79 Å². The smallest absolute Gasteiger partial charge is 0.228 e. The number of nitrogens with one attached hydrogen (secondary N) is 1. The minimum absolute atomic E-state index is 0.187. The summed E-state index contributed by atoms with van der Waals surface area (Å²) in [7, 11) is 2.15. The number of pyridine rings is 1. The van der Waals surface area contributed by atoms with E-state index in [1.54, 1.807) is 6.20 Å². The molecule has 1 unspecified atom stereocenters. The number of amides is 1. The van der Waals surface area contributed by atoms with Crippen LogP contribution in [0, 0.1) is 0 Å². The fraction of sp³-hybridized carbons (Fsp3) is 0.500. The van der Waals surface area contributed by atoms with Crippen LogP contribution in [0.3, 0.4) is 0 Å². The molecule has 24 heavy (non-hydrogen) atoms. The predicted molar refractivity (Wildman–Crippen MR) is 92.2 cm³/mol. The Labute approximate surface area is 142 Å². The number of hydrogen-bond donors (Lipinski definition) is 1. The van der Waals surface area contributed by atoms with E-state index in [4.69, 9.17) is 0 Å². The van der Waals surface area contributed by atoms with Crippen molar-refractivity contribution in [3.63, 3.8) is 0 Å². The molecule has 3 heterocycles. The van der Waals surface area contributed by atoms with Crippen molar-refractivity contribution in [1.29, 1.82) is 0 Å². The first kappa shape index (κ1) is 16.6. The summed E-state index contributed by atoms with van der Waals surface area (Å²) < 4.78 is 0. The zero-order chi connectivity index (χ0) is 16.8. The highest BCUT2D eigenvalue weighted by Crippen LogP contribution is 2.18. The zero-order valence-electron chi connectivity index (χ0n) is 14.2. The Morgan fingerprint density at radius 1 is 1.29 bits per heavy atom. The van der Waals surface area contributed by atoms with Gasteiger partial charge >= 0.3 is 0 Å². The van der Waals surface area contributed by atoms with E-state index >= 15 is 0 Å². The van der Waals surface area contributed by atoms with Crippen LogP contribution in [0.5, 0.6) is 0 Å². The first-order valence-corrected chi connectivity index (χ1v) is 8.58. The molecule has 6 nitrogen and oxygen atoms in total. The molecule has 128 valence electrons. The number of nitrogens with zero attached hydrogens (tertiary/aromatic N) is 4. The highest BCUT2D eigenvalue weighted by atomic mass is 16.2. The van der Waals surface area contributed by atoms with Crippen LogP contribution >= 0.6 is 0 Å². The Morgan fingerprint density at radius 2 is 2.21 bits per heavy atom. The molecule has 3 rings (SSSR count). The quantitative estimate of drug-likeness (QED) is 0.910. The first-order chi connectivity index (χ1) is 11.7. The van der Waals surface area contributed by atoms with E-state index in [2.05, 4.69) is 33.2 Å². The number of likely N-dealkylation sites (tertiary alicyclic amines) is 1. The van der Waals surface area contributed by atoms with Crippen molar-refractivity contribution >= 4 is 5.91 Å². The normalized spacial score (nSPS) is 18.6. The summed E-state index contributed by atoms with van der Waals surface area (Å²) in [4.78, 5) is 21.2. The molecular weight excluding hydrogens is 302 g/mol. The lowest BCUT2D eigenvalue weighted by atomic mass is 10.1. The van der Waals surface area contributed by atoms with Crippen LogP contribution < -0.4 is 0 Å². The highest BCUT2D eigenvalue weighted by molar-refractivity contribution is 5.78. The van der Waals surface area contributed by atoms with E-state index in [9.17, 15) is 4.79 Å². The molecule has 1 N–H and O–H groups in total. The van der Waals surface area contributed by atoms with Gasteiger partial charge in [-0.2, -0.15) is 5.10 Å². The first-order valence-electron chi connectivity index (χ1n) is 8.58. The van der Waals surface area contributed by atoms with Crippen LogP contribution in [0.1, 0.15) is 30.7 Å². The number of carbonyl (C=O) groups excluding carboxylic acids is 1. The second-order valence-electron chi connectivity index (χ2n) is 6.46. The van der Waals surface area contributed by atoms with Crippen LogP contribution in [0.2, 0.25) is 0 Å². The van der Waals surface area contributed by atoms with Gasteiger partial charge in [-0.15, -0.1) is 0 Å². The van der Waals surface area contributed by atoms with Gasteiger partial charge in [0.1, 0.15) is 0 Å². The molecule has 2 aromatic rings. The van der Waals surface area contributed by atoms with Crippen LogP contribution in [-0.4, -0.2) is 57.1 Å². The summed E-state index contributed by atoms with van der Waals surface area (Å²) in [6.07, 6.45) is 7.12. The molecule has 0 bridgehead atoms. The second-order valence-corrected chi connectivity index (χ2v) is 6.46. The van der Waals surface area contributed by atoms with Crippen molar-refractivity contribution in [2.45, 2.75) is 38.3 Å². The van der Waals surface area contributed by atoms with Gasteiger partial charge in [0.05, 0.1) is 12.1 Å². The van der Waals surface area contributed by atoms with Crippen molar-refractivity contribution in [3.05, 3.63) is 48.0 Å². The van der Waals surface area contributed by atoms with Crippen molar-refractivity contribution in [2.75, 3.05) is 20.1 Å². The Bertz CT molecular complexity index is 628. The molecule has 0 aliphatic carbocycles. The summed E-state index contributed by atoms with van der Waals surface area (Å²) in [5, 5.41) is 6.77. The third-order valence-electron chi connectivity index (χ3n) is 4.71. The average molecular weight is 327 g/mol. The third-order valence-corrected chi connectivity index (χ3v) is 4.71. The van der Waals surface area contributed by atoms with Crippen LogP contribution in [0.4, 0.5) is 0 Å². The molecule has 1 fully saturated rings. The summed E-state index contributed by atoms with van der Waals surface area (Å²) in [5.74, 6) is 0.187. The number of carbonyl (C=O) groups is 1. The number of aromatic amines is 1. The predicted octanol–water partition coefficient (Wildman–Crippen LogP) is 1.86. The number of aromatic nitrogens is 3. The standard InChI is InChI=1S/C18H25N5O/c1-22(14-16-5-2-3-9-19-16)17-6-4-11-23(12-8-17)18(24)13-15-7-10-20-21-15/h2-3,5,7,9-10,17H,4,6,8,11-14H2,1H3,(H,20,21). The van der Waals surface area contributed by atoms with Crippen LogP contribution in [-0.2, 0) is 17.8 Å². The van der Waals surface area contributed by atoms with E-state index in [1.807, 2.05) is 29.3 Å². The summed E-state index contributed by atoms with van der Waals surface area (Å²) in [6, 6.07) is 8.39. The lowest BCUT2D eigenvalue weighted by Crippen LogP contribution is -2.35. The molecule has 0 aromatic carbocycles. The molecule has 1 saturated heterocycles. The average Bonchev–Trinajstić information content (AvgIpc) is 2.96. The number of hydrogen-bond acceptors (Lipinski definition) is 4. The van der Waals surface area contributed by atoms with Gasteiger partial charge < -0.3 is 4.90 Å². The number of rotatable bonds is 5. The zero-order valence-corrected chi connectivity index (χ0v) is 14.2. The maximum absolute atomic E-state index is 12.4. The summed E-state index contributed by atoms with van der Waals surface area (Å²) in [6.45, 7) is 2.53. The second kappa shape index (κ2) is 8.06. The summed E-state index contributed by atoms with van der Waals surface area (Å²) in [5.41, 5.74) is 1.98. The van der Waals surface area contributed by atoms with Gasteiger partial charge in [0.15, 0.2) is 0 Å². The summed E-state index contributed by atoms with van der Waals surface area (Å²) >= 11 is 0. The van der Waals surface area contributed by atoms with E-state index in [1.165, 1.54) is 0 Å². The Morgan fingerprint density at radius 3 is 2.96 bits per heavy atom. The Hall–Kier alpha value is -2.21. The minimum Gasteiger partial charge on any atom is -0.342 e.